The number of hydrogen-bond acceptors (Lipinski definition) is 5. The van der Waals surface area contributed by atoms with E-state index in [0.29, 0.717) is 11.0 Å². The summed E-state index contributed by atoms with van der Waals surface area (Å²) in [4.78, 5) is 12.3. The Morgan fingerprint density at radius 1 is 1.19 bits per heavy atom. The topological polar surface area (TPSA) is 85.8 Å². The highest BCUT2D eigenvalue weighted by atomic mass is 79.9. The Morgan fingerprint density at radius 2 is 1.92 bits per heavy atom. The molecule has 26 heavy (non-hydrogen) atoms. The fourth-order valence-corrected chi connectivity index (χ4v) is 3.59. The van der Waals surface area contributed by atoms with Crippen LogP contribution in [-0.4, -0.2) is 26.5 Å². The maximum atomic E-state index is 12.3. The Morgan fingerprint density at radius 3 is 2.69 bits per heavy atom. The summed E-state index contributed by atoms with van der Waals surface area (Å²) in [5.41, 5.74) is 2.78. The van der Waals surface area contributed by atoms with Crippen molar-refractivity contribution in [3.63, 3.8) is 0 Å². The molecule has 0 spiro atoms. The Bertz CT molecular complexity index is 927. The number of hydrogen-bond donors (Lipinski definition) is 2. The van der Waals surface area contributed by atoms with E-state index in [1.54, 1.807) is 0 Å². The Balaban J connectivity index is 1.67. The predicted molar refractivity (Wildman–Crippen MR) is 108 cm³/mol. The summed E-state index contributed by atoms with van der Waals surface area (Å²) in [6.07, 6.45) is 0.857. The first-order valence-electron chi connectivity index (χ1n) is 8.06. The van der Waals surface area contributed by atoms with Gasteiger partial charge >= 0.3 is 0 Å². The van der Waals surface area contributed by atoms with Crippen LogP contribution in [0.5, 0.6) is 0 Å². The van der Waals surface area contributed by atoms with Crippen molar-refractivity contribution in [3.8, 4) is 11.4 Å². The predicted octanol–water partition coefficient (Wildman–Crippen LogP) is 3.71. The highest BCUT2D eigenvalue weighted by Crippen LogP contribution is 2.28. The van der Waals surface area contributed by atoms with E-state index in [9.17, 15) is 4.79 Å². The number of nitrogen functional groups attached to an aromatic ring is 1. The van der Waals surface area contributed by atoms with Crippen molar-refractivity contribution in [2.24, 2.45) is 0 Å². The van der Waals surface area contributed by atoms with Crippen molar-refractivity contribution < 1.29 is 4.79 Å². The van der Waals surface area contributed by atoms with E-state index in [4.69, 9.17) is 5.84 Å². The number of para-hydroxylation sites is 1. The molecule has 2 aromatic carbocycles. The number of aromatic nitrogens is 3. The molecule has 0 fully saturated rings. The molecule has 0 aliphatic heterocycles. The lowest BCUT2D eigenvalue weighted by Gasteiger charge is -2.09. The van der Waals surface area contributed by atoms with Crippen molar-refractivity contribution >= 4 is 39.3 Å². The minimum Gasteiger partial charge on any atom is -0.335 e. The first-order valence-corrected chi connectivity index (χ1v) is 9.84. The molecular formula is C18H18BrN5OS. The van der Waals surface area contributed by atoms with Gasteiger partial charge in [0.05, 0.1) is 5.75 Å². The van der Waals surface area contributed by atoms with Gasteiger partial charge in [-0.3, -0.25) is 4.79 Å². The number of halogens is 1. The average molecular weight is 432 g/mol. The number of thioether (sulfide) groups is 1. The normalized spacial score (nSPS) is 10.7. The van der Waals surface area contributed by atoms with Gasteiger partial charge in [-0.2, -0.15) is 0 Å². The van der Waals surface area contributed by atoms with Crippen LogP contribution in [0.25, 0.3) is 11.4 Å². The zero-order chi connectivity index (χ0) is 18.5. The van der Waals surface area contributed by atoms with Crippen LogP contribution in [0.1, 0.15) is 12.5 Å². The van der Waals surface area contributed by atoms with Crippen molar-refractivity contribution in [2.45, 2.75) is 18.5 Å². The third-order valence-electron chi connectivity index (χ3n) is 3.78. The van der Waals surface area contributed by atoms with Crippen molar-refractivity contribution in [1.29, 1.82) is 0 Å². The number of nitrogens with two attached hydrogens (primary N) is 1. The lowest BCUT2D eigenvalue weighted by atomic mass is 10.1. The van der Waals surface area contributed by atoms with E-state index in [0.717, 1.165) is 27.7 Å². The van der Waals surface area contributed by atoms with Gasteiger partial charge in [0, 0.05) is 15.7 Å². The first kappa shape index (κ1) is 18.5. The zero-order valence-electron chi connectivity index (χ0n) is 14.1. The third-order valence-corrected chi connectivity index (χ3v) is 5.42. The fraction of sp³-hybridized carbons (Fsp3) is 0.167. The van der Waals surface area contributed by atoms with Crippen molar-refractivity contribution in [2.75, 3.05) is 16.9 Å². The lowest BCUT2D eigenvalue weighted by molar-refractivity contribution is -0.113. The Labute approximate surface area is 164 Å². The molecule has 0 atom stereocenters. The van der Waals surface area contributed by atoms with Gasteiger partial charge in [0.2, 0.25) is 11.1 Å². The van der Waals surface area contributed by atoms with E-state index in [1.165, 1.54) is 16.4 Å². The Kier molecular flexibility index (Phi) is 5.95. The number of benzene rings is 2. The van der Waals surface area contributed by atoms with Crippen LogP contribution in [0.2, 0.25) is 0 Å². The first-order chi connectivity index (χ1) is 12.6. The van der Waals surface area contributed by atoms with Crippen LogP contribution in [-0.2, 0) is 11.2 Å². The number of rotatable bonds is 6. The van der Waals surface area contributed by atoms with Crippen molar-refractivity contribution in [3.05, 3.63) is 58.6 Å². The minimum atomic E-state index is -0.110. The minimum absolute atomic E-state index is 0.110. The molecule has 0 unspecified atom stereocenters. The van der Waals surface area contributed by atoms with E-state index in [1.807, 2.05) is 48.5 Å². The van der Waals surface area contributed by atoms with Crippen LogP contribution in [0, 0.1) is 0 Å². The summed E-state index contributed by atoms with van der Waals surface area (Å²) >= 11 is 4.73. The van der Waals surface area contributed by atoms with Gasteiger partial charge in [-0.1, -0.05) is 64.9 Å². The molecule has 1 aromatic heterocycles. The van der Waals surface area contributed by atoms with E-state index < -0.39 is 0 Å². The smallest absolute Gasteiger partial charge is 0.234 e. The standard InChI is InChI=1S/C18H18BrN5OS/c1-2-12-7-3-6-10-15(12)21-16(25)11-26-18-23-22-17(24(18)20)13-8-4-5-9-14(13)19/h3-10H,2,11,20H2,1H3,(H,21,25). The zero-order valence-corrected chi connectivity index (χ0v) is 16.5. The van der Waals surface area contributed by atoms with Crippen molar-refractivity contribution in [1.82, 2.24) is 14.9 Å². The molecule has 0 bridgehead atoms. The third kappa shape index (κ3) is 4.08. The van der Waals surface area contributed by atoms with Gasteiger partial charge in [-0.25, -0.2) is 4.68 Å². The second kappa shape index (κ2) is 8.37. The largest absolute Gasteiger partial charge is 0.335 e. The number of nitrogens with one attached hydrogen (secondary N) is 1. The van der Waals surface area contributed by atoms with Crippen LogP contribution in [0.4, 0.5) is 5.69 Å². The summed E-state index contributed by atoms with van der Waals surface area (Å²) < 4.78 is 2.28. The number of aryl methyl sites for hydroxylation is 1. The molecule has 8 heteroatoms. The molecule has 0 saturated heterocycles. The average Bonchev–Trinajstić information content (AvgIpc) is 3.01. The molecule has 0 aliphatic rings. The molecule has 1 amide bonds. The molecule has 0 radical (unpaired) electrons. The number of carbonyl (C=O) groups is 1. The number of carbonyl (C=O) groups excluding carboxylic acids is 1. The lowest BCUT2D eigenvalue weighted by Crippen LogP contribution is -2.17. The number of nitrogens with zero attached hydrogens (tertiary/aromatic N) is 3. The molecule has 6 nitrogen and oxygen atoms in total. The quantitative estimate of drug-likeness (QED) is 0.458. The van der Waals surface area contributed by atoms with Gasteiger partial charge in [-0.05, 0) is 30.2 Å². The molecule has 3 aromatic rings. The summed E-state index contributed by atoms with van der Waals surface area (Å²) in [5, 5.41) is 11.7. The van der Waals surface area contributed by atoms with Crippen LogP contribution in [0.15, 0.2) is 58.2 Å². The van der Waals surface area contributed by atoms with Crippen LogP contribution >= 0.6 is 27.7 Å². The van der Waals surface area contributed by atoms with E-state index in [2.05, 4.69) is 38.4 Å². The van der Waals surface area contributed by atoms with Gasteiger partial charge in [0.1, 0.15) is 0 Å². The molecule has 0 aliphatic carbocycles. The van der Waals surface area contributed by atoms with Gasteiger partial charge in [0.15, 0.2) is 5.82 Å². The highest BCUT2D eigenvalue weighted by Gasteiger charge is 2.15. The van der Waals surface area contributed by atoms with Crippen LogP contribution < -0.4 is 11.2 Å². The van der Waals surface area contributed by atoms with Gasteiger partial charge in [-0.15, -0.1) is 10.2 Å². The maximum Gasteiger partial charge on any atom is 0.234 e. The Hall–Kier alpha value is -2.32. The van der Waals surface area contributed by atoms with Gasteiger partial charge < -0.3 is 11.2 Å². The highest BCUT2D eigenvalue weighted by molar-refractivity contribution is 9.10. The maximum absolute atomic E-state index is 12.3. The SMILES string of the molecule is CCc1ccccc1NC(=O)CSc1nnc(-c2ccccc2Br)n1N. The summed E-state index contributed by atoms with van der Waals surface area (Å²) in [7, 11) is 0. The number of anilines is 1. The summed E-state index contributed by atoms with van der Waals surface area (Å²) in [6, 6.07) is 15.4. The molecule has 3 N–H and O–H groups in total. The van der Waals surface area contributed by atoms with Gasteiger partial charge in [0.25, 0.3) is 0 Å². The second-order valence-electron chi connectivity index (χ2n) is 5.50. The molecular weight excluding hydrogens is 414 g/mol. The molecule has 134 valence electrons. The van der Waals surface area contributed by atoms with E-state index in [-0.39, 0.29) is 11.7 Å². The number of amides is 1. The summed E-state index contributed by atoms with van der Waals surface area (Å²) in [6.45, 7) is 2.06. The summed E-state index contributed by atoms with van der Waals surface area (Å²) in [5.74, 6) is 6.73. The molecule has 3 rings (SSSR count). The fourth-order valence-electron chi connectivity index (χ4n) is 2.47. The van der Waals surface area contributed by atoms with E-state index >= 15 is 0 Å². The molecule has 1 heterocycles. The van der Waals surface area contributed by atoms with Crippen LogP contribution in [0.3, 0.4) is 0 Å². The molecule has 0 saturated carbocycles. The second-order valence-corrected chi connectivity index (χ2v) is 7.30. The monoisotopic (exact) mass is 431 g/mol.